The molecule has 1 aromatic carbocycles. The number of amides is 3. The Morgan fingerprint density at radius 3 is 2.81 bits per heavy atom. The largest absolute Gasteiger partial charge is 0.336 e. The van der Waals surface area contributed by atoms with Crippen molar-refractivity contribution in [2.45, 2.75) is 26.9 Å². The van der Waals surface area contributed by atoms with Crippen LogP contribution in [0.4, 0.5) is 14.3 Å². The van der Waals surface area contributed by atoms with E-state index in [1.807, 2.05) is 13.8 Å². The molecule has 0 bridgehead atoms. The van der Waals surface area contributed by atoms with Crippen LogP contribution in [-0.4, -0.2) is 28.9 Å². The van der Waals surface area contributed by atoms with E-state index in [-0.39, 0.29) is 18.3 Å². The van der Waals surface area contributed by atoms with Gasteiger partial charge in [0.25, 0.3) is 0 Å². The Labute approximate surface area is 155 Å². The molecule has 0 saturated carbocycles. The predicted octanol–water partition coefficient (Wildman–Crippen LogP) is 3.53. The molecule has 0 radical (unpaired) electrons. The molecule has 6 nitrogen and oxygen atoms in total. The number of likely N-dealkylation sites (N-methyl/N-ethyl adjacent to an activating group) is 1. The van der Waals surface area contributed by atoms with E-state index in [2.05, 4.69) is 15.6 Å². The summed E-state index contributed by atoms with van der Waals surface area (Å²) in [4.78, 5) is 29.7. The summed E-state index contributed by atoms with van der Waals surface area (Å²) in [5, 5.41) is 7.49. The minimum absolute atomic E-state index is 0.0969. The first-order chi connectivity index (χ1) is 12.3. The van der Waals surface area contributed by atoms with E-state index in [1.165, 1.54) is 23.5 Å². The second-order valence-electron chi connectivity index (χ2n) is 6.00. The first-order valence-electron chi connectivity index (χ1n) is 7.97. The molecule has 2 N–H and O–H groups in total. The number of urea groups is 1. The third-order valence-electron chi connectivity index (χ3n) is 3.30. The summed E-state index contributed by atoms with van der Waals surface area (Å²) in [6, 6.07) is 5.60. The first kappa shape index (κ1) is 19.6. The normalized spacial score (nSPS) is 10.2. The van der Waals surface area contributed by atoms with Gasteiger partial charge in [0.2, 0.25) is 5.91 Å². The number of anilines is 1. The number of carbonyl (C=O) groups excluding carboxylic acids is 2. The van der Waals surface area contributed by atoms with Crippen LogP contribution < -0.4 is 10.6 Å². The number of thiazole rings is 1. The summed E-state index contributed by atoms with van der Waals surface area (Å²) in [7, 11) is 1.69. The van der Waals surface area contributed by atoms with Crippen molar-refractivity contribution in [1.82, 2.24) is 15.2 Å². The quantitative estimate of drug-likeness (QED) is 0.758. The highest BCUT2D eigenvalue weighted by Crippen LogP contribution is 2.16. The van der Waals surface area contributed by atoms with Crippen LogP contribution >= 0.6 is 11.3 Å². The van der Waals surface area contributed by atoms with E-state index in [0.29, 0.717) is 22.9 Å². The van der Waals surface area contributed by atoms with Crippen molar-refractivity contribution >= 4 is 28.4 Å². The second kappa shape index (κ2) is 9.10. The van der Waals surface area contributed by atoms with Gasteiger partial charge in [-0.05, 0) is 31.5 Å². The summed E-state index contributed by atoms with van der Waals surface area (Å²) < 4.78 is 13.1. The van der Waals surface area contributed by atoms with Gasteiger partial charge in [0.15, 0.2) is 5.13 Å². The molecule has 1 aromatic heterocycles. The lowest BCUT2D eigenvalue weighted by Gasteiger charge is -2.13. The molecule has 0 aliphatic carbocycles. The van der Waals surface area contributed by atoms with Gasteiger partial charge < -0.3 is 10.2 Å². The molecule has 2 rings (SSSR count). The Hall–Kier alpha value is -2.74. The summed E-state index contributed by atoms with van der Waals surface area (Å²) >= 11 is 1.27. The number of allylic oxidation sites excluding steroid dienone is 1. The standard InChI is InChI=1S/C18H21FN4O2S/c1-12(2)7-16(24)23(3)10-15-11-26-18(21-15)22-17(25)20-9-13-5-4-6-14(19)8-13/h4-8,11H,9-10H2,1-3H3,(H2,20,21,22,25). The van der Waals surface area contributed by atoms with Crippen molar-refractivity contribution in [2.24, 2.45) is 0 Å². The van der Waals surface area contributed by atoms with E-state index < -0.39 is 6.03 Å². The molecule has 0 aliphatic rings. The first-order valence-corrected chi connectivity index (χ1v) is 8.85. The number of nitrogens with zero attached hydrogens (tertiary/aromatic N) is 2. The van der Waals surface area contributed by atoms with Crippen molar-refractivity contribution in [1.29, 1.82) is 0 Å². The van der Waals surface area contributed by atoms with E-state index >= 15 is 0 Å². The fraction of sp³-hybridized carbons (Fsp3) is 0.278. The summed E-state index contributed by atoms with van der Waals surface area (Å²) in [6.07, 6.45) is 1.56. The minimum Gasteiger partial charge on any atom is -0.336 e. The van der Waals surface area contributed by atoms with Crippen molar-refractivity contribution in [3.63, 3.8) is 0 Å². The van der Waals surface area contributed by atoms with Gasteiger partial charge in [0, 0.05) is 25.0 Å². The van der Waals surface area contributed by atoms with Crippen LogP contribution in [0, 0.1) is 5.82 Å². The Bertz CT molecular complexity index is 815. The molecular formula is C18H21FN4O2S. The number of rotatable bonds is 6. The SMILES string of the molecule is CC(C)=CC(=O)N(C)Cc1csc(NC(=O)NCc2cccc(F)c2)n1. The highest BCUT2D eigenvalue weighted by molar-refractivity contribution is 7.13. The van der Waals surface area contributed by atoms with E-state index in [4.69, 9.17) is 0 Å². The summed E-state index contributed by atoms with van der Waals surface area (Å²) in [5.41, 5.74) is 2.28. The molecule has 0 unspecified atom stereocenters. The van der Waals surface area contributed by atoms with Crippen molar-refractivity contribution in [2.75, 3.05) is 12.4 Å². The summed E-state index contributed by atoms with van der Waals surface area (Å²) in [5.74, 6) is -0.443. The summed E-state index contributed by atoms with van der Waals surface area (Å²) in [6.45, 7) is 4.28. The van der Waals surface area contributed by atoms with Gasteiger partial charge in [0.1, 0.15) is 5.82 Å². The zero-order chi connectivity index (χ0) is 19.1. The van der Waals surface area contributed by atoms with Crippen LogP contribution in [0.3, 0.4) is 0 Å². The average molecular weight is 376 g/mol. The molecule has 0 fully saturated rings. The molecule has 0 saturated heterocycles. The maximum atomic E-state index is 13.1. The number of hydrogen-bond donors (Lipinski definition) is 2. The molecule has 8 heteroatoms. The molecule has 26 heavy (non-hydrogen) atoms. The van der Waals surface area contributed by atoms with Crippen LogP contribution in [-0.2, 0) is 17.9 Å². The lowest BCUT2D eigenvalue weighted by Crippen LogP contribution is -2.28. The molecule has 2 aromatic rings. The number of benzene rings is 1. The second-order valence-corrected chi connectivity index (χ2v) is 6.86. The Morgan fingerprint density at radius 2 is 2.12 bits per heavy atom. The zero-order valence-corrected chi connectivity index (χ0v) is 15.7. The van der Waals surface area contributed by atoms with Gasteiger partial charge in [-0.2, -0.15) is 0 Å². The fourth-order valence-corrected chi connectivity index (χ4v) is 2.78. The third kappa shape index (κ3) is 6.29. The Morgan fingerprint density at radius 1 is 1.35 bits per heavy atom. The third-order valence-corrected chi connectivity index (χ3v) is 4.11. The number of carbonyl (C=O) groups is 2. The van der Waals surface area contributed by atoms with E-state index in [9.17, 15) is 14.0 Å². The lowest BCUT2D eigenvalue weighted by atomic mass is 10.2. The number of halogens is 1. The molecule has 1 heterocycles. The lowest BCUT2D eigenvalue weighted by molar-refractivity contribution is -0.125. The smallest absolute Gasteiger partial charge is 0.321 e. The topological polar surface area (TPSA) is 74.3 Å². The van der Waals surface area contributed by atoms with Gasteiger partial charge in [0.05, 0.1) is 12.2 Å². The van der Waals surface area contributed by atoms with Crippen LogP contribution in [0.1, 0.15) is 25.1 Å². The maximum absolute atomic E-state index is 13.1. The van der Waals surface area contributed by atoms with E-state index in [0.717, 1.165) is 5.57 Å². The van der Waals surface area contributed by atoms with E-state index in [1.54, 1.807) is 35.5 Å². The molecule has 3 amide bonds. The number of nitrogens with one attached hydrogen (secondary N) is 2. The average Bonchev–Trinajstić information content (AvgIpc) is 2.99. The molecule has 138 valence electrons. The monoisotopic (exact) mass is 376 g/mol. The van der Waals surface area contributed by atoms with Crippen molar-refractivity contribution in [3.05, 3.63) is 58.4 Å². The van der Waals surface area contributed by atoms with Crippen molar-refractivity contribution in [3.8, 4) is 0 Å². The number of aromatic nitrogens is 1. The highest BCUT2D eigenvalue weighted by atomic mass is 32.1. The maximum Gasteiger partial charge on any atom is 0.321 e. The molecular weight excluding hydrogens is 355 g/mol. The molecule has 0 aliphatic heterocycles. The van der Waals surface area contributed by atoms with Gasteiger partial charge in [-0.3, -0.25) is 10.1 Å². The highest BCUT2D eigenvalue weighted by Gasteiger charge is 2.11. The van der Waals surface area contributed by atoms with Gasteiger partial charge in [-0.25, -0.2) is 14.2 Å². The van der Waals surface area contributed by atoms with Crippen LogP contribution in [0.5, 0.6) is 0 Å². The Balaban J connectivity index is 1.84. The van der Waals surface area contributed by atoms with Crippen LogP contribution in [0.15, 0.2) is 41.3 Å². The fourth-order valence-electron chi connectivity index (χ4n) is 2.09. The molecule has 0 atom stereocenters. The molecule has 0 spiro atoms. The zero-order valence-electron chi connectivity index (χ0n) is 14.9. The van der Waals surface area contributed by atoms with Crippen LogP contribution in [0.25, 0.3) is 0 Å². The van der Waals surface area contributed by atoms with Gasteiger partial charge >= 0.3 is 6.03 Å². The Kier molecular flexibility index (Phi) is 6.85. The van der Waals surface area contributed by atoms with Crippen LogP contribution in [0.2, 0.25) is 0 Å². The minimum atomic E-state index is -0.427. The number of hydrogen-bond acceptors (Lipinski definition) is 4. The van der Waals surface area contributed by atoms with Gasteiger partial charge in [-0.15, -0.1) is 11.3 Å². The predicted molar refractivity (Wildman–Crippen MR) is 100 cm³/mol. The van der Waals surface area contributed by atoms with Crippen molar-refractivity contribution < 1.29 is 14.0 Å². The van der Waals surface area contributed by atoms with Gasteiger partial charge in [-0.1, -0.05) is 17.7 Å².